The van der Waals surface area contributed by atoms with Crippen molar-refractivity contribution in [2.75, 3.05) is 50.6 Å². The number of carbonyl (C=O) groups is 1. The van der Waals surface area contributed by atoms with Crippen LogP contribution in [-0.2, 0) is 9.47 Å². The van der Waals surface area contributed by atoms with Gasteiger partial charge in [0.2, 0.25) is 0 Å². The number of thiazole rings is 1. The molecule has 8 heteroatoms. The summed E-state index contributed by atoms with van der Waals surface area (Å²) in [6.45, 7) is 5.06. The third-order valence-corrected chi connectivity index (χ3v) is 4.29. The molecular formula is C13H22N4O3S. The second-order valence-corrected chi connectivity index (χ2v) is 5.89. The molecule has 2 heterocycles. The maximum absolute atomic E-state index is 12.2. The molecule has 1 aliphatic rings. The molecule has 0 radical (unpaired) electrons. The molecular weight excluding hydrogens is 292 g/mol. The number of anilines is 2. The van der Waals surface area contributed by atoms with Crippen molar-refractivity contribution < 1.29 is 14.3 Å². The number of carbonyl (C=O) groups excluding carboxylic acids is 1. The SMILES string of the molecule is CCCN(C)c1nc(N)c(C(=O)NCC2COCCO2)s1. The zero-order valence-electron chi connectivity index (χ0n) is 12.4. The maximum Gasteiger partial charge on any atom is 0.265 e. The highest BCUT2D eigenvalue weighted by Crippen LogP contribution is 2.27. The van der Waals surface area contributed by atoms with Gasteiger partial charge in [-0.3, -0.25) is 4.79 Å². The Hall–Kier alpha value is -1.38. The summed E-state index contributed by atoms with van der Waals surface area (Å²) in [7, 11) is 1.94. The summed E-state index contributed by atoms with van der Waals surface area (Å²) in [5, 5.41) is 3.58. The zero-order chi connectivity index (χ0) is 15.2. The number of nitrogen functional groups attached to an aromatic ring is 1. The van der Waals surface area contributed by atoms with Crippen LogP contribution < -0.4 is 16.0 Å². The lowest BCUT2D eigenvalue weighted by Gasteiger charge is -2.22. The highest BCUT2D eigenvalue weighted by atomic mass is 32.1. The van der Waals surface area contributed by atoms with Gasteiger partial charge in [0, 0.05) is 20.1 Å². The molecule has 3 N–H and O–H groups in total. The fourth-order valence-electron chi connectivity index (χ4n) is 2.02. The van der Waals surface area contributed by atoms with Crippen molar-refractivity contribution in [3.8, 4) is 0 Å². The Morgan fingerprint density at radius 2 is 2.38 bits per heavy atom. The van der Waals surface area contributed by atoms with Gasteiger partial charge in [0.25, 0.3) is 5.91 Å². The highest BCUT2D eigenvalue weighted by Gasteiger charge is 2.20. The van der Waals surface area contributed by atoms with Gasteiger partial charge in [-0.05, 0) is 6.42 Å². The van der Waals surface area contributed by atoms with Crippen LogP contribution in [0.4, 0.5) is 10.9 Å². The molecule has 0 spiro atoms. The van der Waals surface area contributed by atoms with Crippen LogP contribution in [0.1, 0.15) is 23.0 Å². The standard InChI is InChI=1S/C13H22N4O3S/c1-3-4-17(2)13-16-11(14)10(21-13)12(18)15-7-9-8-19-5-6-20-9/h9H,3-8,14H2,1-2H3,(H,15,18). The molecule has 1 aliphatic heterocycles. The quantitative estimate of drug-likeness (QED) is 0.804. The van der Waals surface area contributed by atoms with Crippen molar-refractivity contribution >= 4 is 28.2 Å². The van der Waals surface area contributed by atoms with E-state index in [1.807, 2.05) is 11.9 Å². The number of nitrogens with two attached hydrogens (primary N) is 1. The van der Waals surface area contributed by atoms with Crippen LogP contribution in [0.3, 0.4) is 0 Å². The molecule has 1 atom stereocenters. The monoisotopic (exact) mass is 314 g/mol. The van der Waals surface area contributed by atoms with E-state index in [1.165, 1.54) is 11.3 Å². The molecule has 1 aromatic heterocycles. The van der Waals surface area contributed by atoms with Gasteiger partial charge in [-0.15, -0.1) is 0 Å². The summed E-state index contributed by atoms with van der Waals surface area (Å²) in [6.07, 6.45) is 0.912. The molecule has 7 nitrogen and oxygen atoms in total. The van der Waals surface area contributed by atoms with Crippen LogP contribution in [0.15, 0.2) is 0 Å². The first-order valence-corrected chi connectivity index (χ1v) is 7.88. The van der Waals surface area contributed by atoms with E-state index in [9.17, 15) is 4.79 Å². The van der Waals surface area contributed by atoms with Crippen molar-refractivity contribution in [1.29, 1.82) is 0 Å². The number of nitrogens with one attached hydrogen (secondary N) is 1. The highest BCUT2D eigenvalue weighted by molar-refractivity contribution is 7.18. The molecule has 2 rings (SSSR count). The fraction of sp³-hybridized carbons (Fsp3) is 0.692. The Morgan fingerprint density at radius 3 is 3.05 bits per heavy atom. The summed E-state index contributed by atoms with van der Waals surface area (Å²) in [5.41, 5.74) is 5.84. The number of hydrogen-bond acceptors (Lipinski definition) is 7. The van der Waals surface area contributed by atoms with Gasteiger partial charge in [-0.2, -0.15) is 0 Å². The first-order valence-electron chi connectivity index (χ1n) is 7.06. The van der Waals surface area contributed by atoms with E-state index >= 15 is 0 Å². The van der Waals surface area contributed by atoms with Crippen LogP contribution in [0.5, 0.6) is 0 Å². The van der Waals surface area contributed by atoms with Gasteiger partial charge in [0.05, 0.1) is 25.9 Å². The first-order chi connectivity index (χ1) is 10.1. The van der Waals surface area contributed by atoms with Gasteiger partial charge in [-0.25, -0.2) is 4.98 Å². The molecule has 0 aliphatic carbocycles. The van der Waals surface area contributed by atoms with Crippen molar-refractivity contribution in [2.45, 2.75) is 19.4 Å². The van der Waals surface area contributed by atoms with Gasteiger partial charge in [0.15, 0.2) is 5.13 Å². The Balaban J connectivity index is 1.92. The van der Waals surface area contributed by atoms with Crippen LogP contribution in [0.25, 0.3) is 0 Å². The van der Waals surface area contributed by atoms with Gasteiger partial charge >= 0.3 is 0 Å². The first kappa shape index (κ1) is 16.0. The third kappa shape index (κ3) is 4.29. The summed E-state index contributed by atoms with van der Waals surface area (Å²) in [5.74, 6) is 0.0617. The van der Waals surface area contributed by atoms with E-state index in [2.05, 4.69) is 17.2 Å². The molecule has 1 unspecified atom stereocenters. The topological polar surface area (TPSA) is 89.7 Å². The second-order valence-electron chi connectivity index (χ2n) is 4.91. The second kappa shape index (κ2) is 7.58. The maximum atomic E-state index is 12.2. The van der Waals surface area contributed by atoms with Crippen molar-refractivity contribution in [1.82, 2.24) is 10.3 Å². The summed E-state index contributed by atoms with van der Waals surface area (Å²) < 4.78 is 10.8. The number of aromatic nitrogens is 1. The Bertz CT molecular complexity index is 474. The lowest BCUT2D eigenvalue weighted by molar-refractivity contribution is -0.0855. The normalized spacial score (nSPS) is 18.5. The molecule has 0 bridgehead atoms. The number of nitrogens with zero attached hydrogens (tertiary/aromatic N) is 2. The van der Waals surface area contributed by atoms with E-state index in [-0.39, 0.29) is 17.8 Å². The zero-order valence-corrected chi connectivity index (χ0v) is 13.2. The van der Waals surface area contributed by atoms with Gasteiger partial charge in [-0.1, -0.05) is 18.3 Å². The molecule has 118 valence electrons. The van der Waals surface area contributed by atoms with E-state index in [0.717, 1.165) is 18.1 Å². The van der Waals surface area contributed by atoms with Gasteiger partial charge in [0.1, 0.15) is 10.7 Å². The van der Waals surface area contributed by atoms with Crippen molar-refractivity contribution in [3.05, 3.63) is 4.88 Å². The predicted octanol–water partition coefficient (Wildman–Crippen LogP) is 0.717. The van der Waals surface area contributed by atoms with E-state index < -0.39 is 0 Å². The molecule has 1 aromatic rings. The number of amides is 1. The molecule has 0 aromatic carbocycles. The predicted molar refractivity (Wildman–Crippen MR) is 83.0 cm³/mol. The summed E-state index contributed by atoms with van der Waals surface area (Å²) >= 11 is 1.31. The third-order valence-electron chi connectivity index (χ3n) is 3.11. The number of rotatable bonds is 6. The van der Waals surface area contributed by atoms with E-state index in [0.29, 0.717) is 31.2 Å². The smallest absolute Gasteiger partial charge is 0.265 e. The average Bonchev–Trinajstić information content (AvgIpc) is 2.88. The van der Waals surface area contributed by atoms with Crippen molar-refractivity contribution in [2.24, 2.45) is 0 Å². The van der Waals surface area contributed by atoms with Crippen LogP contribution in [0.2, 0.25) is 0 Å². The molecule has 1 fully saturated rings. The number of hydrogen-bond donors (Lipinski definition) is 2. The minimum atomic E-state index is -0.213. The Morgan fingerprint density at radius 1 is 1.57 bits per heavy atom. The molecule has 21 heavy (non-hydrogen) atoms. The minimum Gasteiger partial charge on any atom is -0.382 e. The molecule has 0 saturated carbocycles. The minimum absolute atomic E-state index is 0.0981. The van der Waals surface area contributed by atoms with Crippen LogP contribution in [-0.4, -0.2) is 57.0 Å². The largest absolute Gasteiger partial charge is 0.382 e. The lowest BCUT2D eigenvalue weighted by Crippen LogP contribution is -2.39. The van der Waals surface area contributed by atoms with Gasteiger partial charge < -0.3 is 25.4 Å². The summed E-state index contributed by atoms with van der Waals surface area (Å²) in [4.78, 5) is 18.9. The Kier molecular flexibility index (Phi) is 5.77. The average molecular weight is 314 g/mol. The molecule has 1 amide bonds. The van der Waals surface area contributed by atoms with Crippen molar-refractivity contribution in [3.63, 3.8) is 0 Å². The molecule has 1 saturated heterocycles. The fourth-order valence-corrected chi connectivity index (χ4v) is 2.91. The number of ether oxygens (including phenoxy) is 2. The lowest BCUT2D eigenvalue weighted by atomic mass is 10.3. The van der Waals surface area contributed by atoms with Crippen LogP contribution in [0, 0.1) is 0 Å². The van der Waals surface area contributed by atoms with E-state index in [4.69, 9.17) is 15.2 Å². The Labute approximate surface area is 128 Å². The van der Waals surface area contributed by atoms with E-state index in [1.54, 1.807) is 0 Å². The van der Waals surface area contributed by atoms with Crippen LogP contribution >= 0.6 is 11.3 Å². The summed E-state index contributed by atoms with van der Waals surface area (Å²) in [6, 6.07) is 0.